The second kappa shape index (κ2) is 4.02. The summed E-state index contributed by atoms with van der Waals surface area (Å²) in [5.74, 6) is 0. The fourth-order valence-corrected chi connectivity index (χ4v) is 1.13. The van der Waals surface area contributed by atoms with Crippen molar-refractivity contribution in [2.75, 3.05) is 0 Å². The van der Waals surface area contributed by atoms with Crippen molar-refractivity contribution in [2.24, 2.45) is 5.73 Å². The molecule has 1 atom stereocenters. The van der Waals surface area contributed by atoms with Crippen molar-refractivity contribution in [1.29, 1.82) is 0 Å². The molecule has 1 aromatic rings. The van der Waals surface area contributed by atoms with Gasteiger partial charge in [-0.25, -0.2) is 0 Å². The summed E-state index contributed by atoms with van der Waals surface area (Å²) in [7, 11) is 0. The van der Waals surface area contributed by atoms with E-state index in [1.54, 1.807) is 12.3 Å². The highest BCUT2D eigenvalue weighted by Gasteiger charge is 2.06. The molecule has 0 amide bonds. The Morgan fingerprint density at radius 2 is 2.50 bits per heavy atom. The molecule has 2 heteroatoms. The Kier molecular flexibility index (Phi) is 3.00. The van der Waals surface area contributed by atoms with Crippen molar-refractivity contribution in [1.82, 2.24) is 4.98 Å². The highest BCUT2D eigenvalue weighted by molar-refractivity contribution is 5.47. The maximum atomic E-state index is 5.88. The zero-order valence-electron chi connectivity index (χ0n) is 7.33. The van der Waals surface area contributed by atoms with E-state index in [1.807, 2.05) is 12.1 Å². The average molecular weight is 162 g/mol. The minimum atomic E-state index is 0.0756. The molecule has 0 spiro atoms. The molecule has 1 heterocycles. The molecule has 1 aromatic heterocycles. The zero-order chi connectivity index (χ0) is 8.97. The lowest BCUT2D eigenvalue weighted by Crippen LogP contribution is -2.10. The summed E-state index contributed by atoms with van der Waals surface area (Å²) in [6.07, 6.45) is 4.42. The highest BCUT2D eigenvalue weighted by atomic mass is 14.7. The minimum Gasteiger partial charge on any atom is -0.324 e. The van der Waals surface area contributed by atoms with E-state index in [1.165, 1.54) is 0 Å². The van der Waals surface area contributed by atoms with Crippen LogP contribution >= 0.6 is 0 Å². The first-order valence-electron chi connectivity index (χ1n) is 4.12. The fourth-order valence-electron chi connectivity index (χ4n) is 1.13. The third kappa shape index (κ3) is 1.71. The maximum absolute atomic E-state index is 5.88. The molecule has 0 aliphatic heterocycles. The molecular formula is C10H14N2. The third-order valence-electron chi connectivity index (χ3n) is 1.90. The number of nitrogens with two attached hydrogens (primary N) is 1. The maximum Gasteiger partial charge on any atom is 0.0671 e. The van der Waals surface area contributed by atoms with E-state index < -0.39 is 0 Å². The highest BCUT2D eigenvalue weighted by Crippen LogP contribution is 2.16. The molecule has 0 aliphatic carbocycles. The third-order valence-corrected chi connectivity index (χ3v) is 1.90. The van der Waals surface area contributed by atoms with Crippen LogP contribution in [-0.4, -0.2) is 4.98 Å². The normalized spacial score (nSPS) is 12.5. The lowest BCUT2D eigenvalue weighted by atomic mass is 10.0. The molecular weight excluding hydrogens is 148 g/mol. The number of nitrogens with zero attached hydrogens (tertiary/aromatic N) is 1. The Morgan fingerprint density at radius 3 is 3.08 bits per heavy atom. The van der Waals surface area contributed by atoms with Crippen LogP contribution in [0, 0.1) is 0 Å². The molecule has 2 nitrogen and oxygen atoms in total. The lowest BCUT2D eigenvalue weighted by molar-refractivity contribution is 0.693. The summed E-state index contributed by atoms with van der Waals surface area (Å²) in [5, 5.41) is 0. The molecule has 0 saturated heterocycles. The van der Waals surface area contributed by atoms with Crippen LogP contribution in [0.3, 0.4) is 0 Å². The van der Waals surface area contributed by atoms with Gasteiger partial charge in [-0.2, -0.15) is 0 Å². The van der Waals surface area contributed by atoms with E-state index in [4.69, 9.17) is 5.73 Å². The SMILES string of the molecule is C=Cc1ncccc1[C@@H](N)CC. The van der Waals surface area contributed by atoms with Crippen LogP contribution in [0.25, 0.3) is 6.08 Å². The molecule has 0 aliphatic rings. The Hall–Kier alpha value is -1.15. The van der Waals surface area contributed by atoms with Crippen molar-refractivity contribution in [2.45, 2.75) is 19.4 Å². The van der Waals surface area contributed by atoms with E-state index in [-0.39, 0.29) is 6.04 Å². The van der Waals surface area contributed by atoms with Crippen LogP contribution in [0.2, 0.25) is 0 Å². The summed E-state index contributed by atoms with van der Waals surface area (Å²) >= 11 is 0. The van der Waals surface area contributed by atoms with Gasteiger partial charge in [0, 0.05) is 12.2 Å². The van der Waals surface area contributed by atoms with Gasteiger partial charge < -0.3 is 5.73 Å². The molecule has 64 valence electrons. The quantitative estimate of drug-likeness (QED) is 0.739. The topological polar surface area (TPSA) is 38.9 Å². The predicted molar refractivity (Wildman–Crippen MR) is 51.5 cm³/mol. The summed E-state index contributed by atoms with van der Waals surface area (Å²) in [5.41, 5.74) is 7.86. The van der Waals surface area contributed by atoms with Gasteiger partial charge in [-0.3, -0.25) is 4.98 Å². The second-order valence-electron chi connectivity index (χ2n) is 2.70. The molecule has 0 unspecified atom stereocenters. The first-order chi connectivity index (χ1) is 5.79. The van der Waals surface area contributed by atoms with Crippen molar-refractivity contribution in [3.63, 3.8) is 0 Å². The predicted octanol–water partition coefficient (Wildman–Crippen LogP) is 2.13. The van der Waals surface area contributed by atoms with Crippen LogP contribution in [0.4, 0.5) is 0 Å². The molecule has 0 fully saturated rings. The summed E-state index contributed by atoms with van der Waals surface area (Å²) < 4.78 is 0. The number of pyridine rings is 1. The van der Waals surface area contributed by atoms with Gasteiger partial charge >= 0.3 is 0 Å². The van der Waals surface area contributed by atoms with E-state index in [2.05, 4.69) is 18.5 Å². The van der Waals surface area contributed by atoms with Crippen molar-refractivity contribution < 1.29 is 0 Å². The standard InChI is InChI=1S/C10H14N2/c1-3-9(11)8-6-5-7-12-10(8)4-2/h4-7,9H,2-3,11H2,1H3/t9-/m0/s1. The van der Waals surface area contributed by atoms with Crippen LogP contribution in [0.1, 0.15) is 30.6 Å². The summed E-state index contributed by atoms with van der Waals surface area (Å²) in [6, 6.07) is 3.97. The first-order valence-corrected chi connectivity index (χ1v) is 4.12. The van der Waals surface area contributed by atoms with Crippen molar-refractivity contribution in [3.05, 3.63) is 36.2 Å². The fraction of sp³-hybridized carbons (Fsp3) is 0.300. The van der Waals surface area contributed by atoms with E-state index >= 15 is 0 Å². The van der Waals surface area contributed by atoms with Gasteiger partial charge in [0.15, 0.2) is 0 Å². The molecule has 2 N–H and O–H groups in total. The summed E-state index contributed by atoms with van der Waals surface area (Å²) in [6.45, 7) is 5.75. The Balaban J connectivity index is 3.04. The number of aromatic nitrogens is 1. The van der Waals surface area contributed by atoms with E-state index in [0.29, 0.717) is 0 Å². The van der Waals surface area contributed by atoms with Gasteiger partial charge in [0.05, 0.1) is 5.69 Å². The molecule has 0 bridgehead atoms. The van der Waals surface area contributed by atoms with Crippen LogP contribution < -0.4 is 5.73 Å². The molecule has 0 radical (unpaired) electrons. The molecule has 12 heavy (non-hydrogen) atoms. The van der Waals surface area contributed by atoms with Gasteiger partial charge in [0.2, 0.25) is 0 Å². The van der Waals surface area contributed by atoms with E-state index in [0.717, 1.165) is 17.7 Å². The van der Waals surface area contributed by atoms with Gasteiger partial charge in [-0.1, -0.05) is 19.6 Å². The smallest absolute Gasteiger partial charge is 0.0671 e. The Labute approximate surface area is 73.1 Å². The Bertz CT molecular complexity index is 268. The van der Waals surface area contributed by atoms with Crippen molar-refractivity contribution >= 4 is 6.08 Å². The summed E-state index contributed by atoms with van der Waals surface area (Å²) in [4.78, 5) is 4.17. The Morgan fingerprint density at radius 1 is 1.75 bits per heavy atom. The van der Waals surface area contributed by atoms with Crippen LogP contribution in [0.15, 0.2) is 24.9 Å². The monoisotopic (exact) mass is 162 g/mol. The van der Waals surface area contributed by atoms with Gasteiger partial charge in [0.25, 0.3) is 0 Å². The minimum absolute atomic E-state index is 0.0756. The average Bonchev–Trinajstić information content (AvgIpc) is 2.16. The van der Waals surface area contributed by atoms with Crippen LogP contribution in [0.5, 0.6) is 0 Å². The van der Waals surface area contributed by atoms with Crippen LogP contribution in [-0.2, 0) is 0 Å². The van der Waals surface area contributed by atoms with Gasteiger partial charge in [0.1, 0.15) is 0 Å². The number of rotatable bonds is 3. The lowest BCUT2D eigenvalue weighted by Gasteiger charge is -2.10. The molecule has 0 saturated carbocycles. The van der Waals surface area contributed by atoms with Gasteiger partial charge in [-0.05, 0) is 24.1 Å². The molecule has 0 aromatic carbocycles. The van der Waals surface area contributed by atoms with E-state index in [9.17, 15) is 0 Å². The second-order valence-corrected chi connectivity index (χ2v) is 2.70. The molecule has 1 rings (SSSR count). The van der Waals surface area contributed by atoms with Crippen molar-refractivity contribution in [3.8, 4) is 0 Å². The number of hydrogen-bond acceptors (Lipinski definition) is 2. The zero-order valence-corrected chi connectivity index (χ0v) is 7.33. The first kappa shape index (κ1) is 8.94. The largest absolute Gasteiger partial charge is 0.324 e. The number of hydrogen-bond donors (Lipinski definition) is 1. The van der Waals surface area contributed by atoms with Gasteiger partial charge in [-0.15, -0.1) is 0 Å².